The summed E-state index contributed by atoms with van der Waals surface area (Å²) in [6.45, 7) is 4.35. The number of primary amides is 1. The maximum absolute atomic E-state index is 13.0. The van der Waals surface area contributed by atoms with E-state index in [1.54, 1.807) is 45.0 Å². The lowest BCUT2D eigenvalue weighted by Crippen LogP contribution is -2.62. The fourth-order valence-corrected chi connectivity index (χ4v) is 5.31. The van der Waals surface area contributed by atoms with Gasteiger partial charge in [0.15, 0.2) is 17.5 Å². The number of ether oxygens (including phenoxy) is 3. The van der Waals surface area contributed by atoms with E-state index in [1.807, 2.05) is 30.3 Å². The molecule has 2 heterocycles. The first-order valence-corrected chi connectivity index (χ1v) is 13.8. The van der Waals surface area contributed by atoms with E-state index >= 15 is 0 Å². The molecule has 5 rings (SSSR count). The Bertz CT molecular complexity index is 1750. The predicted molar refractivity (Wildman–Crippen MR) is 159 cm³/mol. The number of carbonyl (C=O) groups is 2. The molecular formula is C32H32N2O10. The van der Waals surface area contributed by atoms with E-state index in [9.17, 15) is 29.7 Å². The van der Waals surface area contributed by atoms with Crippen LogP contribution in [0.2, 0.25) is 0 Å². The summed E-state index contributed by atoms with van der Waals surface area (Å²) < 4.78 is 22.4. The third kappa shape index (κ3) is 5.82. The topological polar surface area (TPSA) is 191 Å². The van der Waals surface area contributed by atoms with E-state index in [2.05, 4.69) is 5.32 Å². The first kappa shape index (κ1) is 30.5. The number of aryl methyl sites for hydroxylation is 1. The lowest BCUT2D eigenvalue weighted by Gasteiger charge is -2.47. The van der Waals surface area contributed by atoms with Crippen molar-refractivity contribution in [2.45, 2.75) is 44.9 Å². The molecule has 12 nitrogen and oxygen atoms in total. The molecular weight excluding hydrogens is 572 g/mol. The number of carbonyl (C=O) groups excluding carboxylic acids is 2. The highest BCUT2D eigenvalue weighted by Gasteiger charge is 2.52. The number of hydrogen-bond acceptors (Lipinski definition) is 10. The number of hydrogen-bond donors (Lipinski definition) is 5. The monoisotopic (exact) mass is 604 g/mol. The highest BCUT2D eigenvalue weighted by Crippen LogP contribution is 2.39. The minimum Gasteiger partial charge on any atom is -0.505 e. The standard InChI is InChI=1S/C32H32N2O10/c1-16-22(41-30-25(37)27(43-31(33)40)21(15-35)32(2,3)44-30)14-13-20-24(36)23(29(39)42-26(16)20)34-28(38)19-11-9-18(10-12-19)17-7-5-4-6-8-17/h4-14,21,25,27,30,35-37H,15H2,1-3H3,(H2,33,40)(H,34,38)/t21-,25-,27-,30-/m1/s1. The second kappa shape index (κ2) is 12.0. The molecule has 6 N–H and O–H groups in total. The van der Waals surface area contributed by atoms with Crippen molar-refractivity contribution in [2.75, 3.05) is 11.9 Å². The molecule has 4 atom stereocenters. The van der Waals surface area contributed by atoms with Gasteiger partial charge in [-0.25, -0.2) is 9.59 Å². The Hall–Kier alpha value is -4.91. The molecule has 4 aromatic rings. The van der Waals surface area contributed by atoms with Crippen molar-refractivity contribution in [2.24, 2.45) is 11.7 Å². The maximum atomic E-state index is 13.0. The van der Waals surface area contributed by atoms with Crippen LogP contribution in [0.1, 0.15) is 29.8 Å². The number of benzene rings is 3. The van der Waals surface area contributed by atoms with Gasteiger partial charge in [0, 0.05) is 11.1 Å². The van der Waals surface area contributed by atoms with Crippen LogP contribution in [0.3, 0.4) is 0 Å². The first-order chi connectivity index (χ1) is 20.9. The number of anilines is 1. The second-order valence-corrected chi connectivity index (χ2v) is 11.0. The number of aromatic hydroxyl groups is 1. The van der Waals surface area contributed by atoms with E-state index < -0.39 is 65.7 Å². The Labute approximate surface area is 251 Å². The Morgan fingerprint density at radius 2 is 1.68 bits per heavy atom. The summed E-state index contributed by atoms with van der Waals surface area (Å²) in [7, 11) is 0. The van der Waals surface area contributed by atoms with Gasteiger partial charge in [-0.2, -0.15) is 0 Å². The molecule has 0 aliphatic carbocycles. The first-order valence-electron chi connectivity index (χ1n) is 13.8. The van der Waals surface area contributed by atoms with Crippen molar-refractivity contribution >= 4 is 28.7 Å². The third-order valence-electron chi connectivity index (χ3n) is 7.76. The van der Waals surface area contributed by atoms with Crippen LogP contribution in [0.15, 0.2) is 75.9 Å². The largest absolute Gasteiger partial charge is 0.505 e. The molecule has 44 heavy (non-hydrogen) atoms. The molecule has 1 aromatic heterocycles. The number of aliphatic hydroxyl groups is 2. The SMILES string of the molecule is Cc1c(O[C@@H]2OC(C)(C)[C@H](CO)[C@@H](OC(N)=O)[C@H]2O)ccc2c(O)c(NC(=O)c3ccc(-c4ccccc4)cc3)c(=O)oc12. The van der Waals surface area contributed by atoms with Crippen LogP contribution in [0, 0.1) is 12.8 Å². The minimum atomic E-state index is -1.54. The zero-order valence-electron chi connectivity index (χ0n) is 24.1. The lowest BCUT2D eigenvalue weighted by molar-refractivity contribution is -0.290. The summed E-state index contributed by atoms with van der Waals surface area (Å²) in [6, 6.07) is 19.2. The van der Waals surface area contributed by atoms with Gasteiger partial charge in [-0.05, 0) is 56.2 Å². The molecule has 2 amide bonds. The van der Waals surface area contributed by atoms with Crippen LogP contribution in [-0.2, 0) is 9.47 Å². The van der Waals surface area contributed by atoms with Crippen LogP contribution >= 0.6 is 0 Å². The number of fused-ring (bicyclic) bond motifs is 1. The van der Waals surface area contributed by atoms with Crippen LogP contribution in [0.5, 0.6) is 11.5 Å². The summed E-state index contributed by atoms with van der Waals surface area (Å²) in [4.78, 5) is 37.4. The molecule has 3 aromatic carbocycles. The highest BCUT2D eigenvalue weighted by molar-refractivity contribution is 6.06. The van der Waals surface area contributed by atoms with Gasteiger partial charge < -0.3 is 45.0 Å². The Kier molecular flexibility index (Phi) is 8.33. The number of amides is 2. The normalized spacial score (nSPS) is 21.0. The summed E-state index contributed by atoms with van der Waals surface area (Å²) in [5.74, 6) is -1.82. The maximum Gasteiger partial charge on any atom is 0.404 e. The number of nitrogens with two attached hydrogens (primary N) is 1. The molecule has 1 saturated heterocycles. The quantitative estimate of drug-likeness (QED) is 0.195. The third-order valence-corrected chi connectivity index (χ3v) is 7.76. The van der Waals surface area contributed by atoms with Gasteiger partial charge in [-0.15, -0.1) is 0 Å². The van der Waals surface area contributed by atoms with Gasteiger partial charge >= 0.3 is 11.7 Å². The van der Waals surface area contributed by atoms with Gasteiger partial charge in [0.2, 0.25) is 6.29 Å². The van der Waals surface area contributed by atoms with Gasteiger partial charge in [0.1, 0.15) is 17.4 Å². The second-order valence-electron chi connectivity index (χ2n) is 11.0. The Morgan fingerprint density at radius 3 is 2.32 bits per heavy atom. The van der Waals surface area contributed by atoms with E-state index in [1.165, 1.54) is 12.1 Å². The smallest absolute Gasteiger partial charge is 0.404 e. The van der Waals surface area contributed by atoms with E-state index in [0.29, 0.717) is 0 Å². The highest BCUT2D eigenvalue weighted by atomic mass is 16.7. The van der Waals surface area contributed by atoms with Crippen LogP contribution in [0.4, 0.5) is 10.5 Å². The summed E-state index contributed by atoms with van der Waals surface area (Å²) in [6.07, 6.45) is -5.30. The predicted octanol–water partition coefficient (Wildman–Crippen LogP) is 3.67. The number of aliphatic hydroxyl groups excluding tert-OH is 2. The lowest BCUT2D eigenvalue weighted by atomic mass is 9.81. The summed E-state index contributed by atoms with van der Waals surface area (Å²) >= 11 is 0. The van der Waals surface area contributed by atoms with Crippen molar-refractivity contribution < 1.29 is 43.5 Å². The molecule has 230 valence electrons. The zero-order chi connectivity index (χ0) is 31.8. The molecule has 1 fully saturated rings. The molecule has 0 bridgehead atoms. The Morgan fingerprint density at radius 1 is 1.02 bits per heavy atom. The summed E-state index contributed by atoms with van der Waals surface area (Å²) in [5, 5.41) is 34.3. The van der Waals surface area contributed by atoms with Gasteiger partial charge in [0.25, 0.3) is 5.91 Å². The average molecular weight is 605 g/mol. The van der Waals surface area contributed by atoms with Crippen molar-refractivity contribution in [3.63, 3.8) is 0 Å². The van der Waals surface area contributed by atoms with E-state index in [-0.39, 0.29) is 27.8 Å². The van der Waals surface area contributed by atoms with Crippen molar-refractivity contribution in [1.82, 2.24) is 0 Å². The Balaban J connectivity index is 1.39. The van der Waals surface area contributed by atoms with Gasteiger partial charge in [-0.1, -0.05) is 42.5 Å². The fourth-order valence-electron chi connectivity index (χ4n) is 5.31. The molecule has 0 unspecified atom stereocenters. The molecule has 0 spiro atoms. The number of rotatable bonds is 7. The van der Waals surface area contributed by atoms with Crippen LogP contribution in [0.25, 0.3) is 22.1 Å². The molecule has 12 heteroatoms. The number of nitrogens with one attached hydrogen (secondary N) is 1. The van der Waals surface area contributed by atoms with Crippen molar-refractivity contribution in [3.8, 4) is 22.6 Å². The van der Waals surface area contributed by atoms with E-state index in [0.717, 1.165) is 11.1 Å². The van der Waals surface area contributed by atoms with Crippen molar-refractivity contribution in [3.05, 3.63) is 88.3 Å². The molecule has 1 aliphatic heterocycles. The average Bonchev–Trinajstić information content (AvgIpc) is 2.99. The van der Waals surface area contributed by atoms with Gasteiger partial charge in [0.05, 0.1) is 23.5 Å². The zero-order valence-corrected chi connectivity index (χ0v) is 24.1. The van der Waals surface area contributed by atoms with Crippen molar-refractivity contribution in [1.29, 1.82) is 0 Å². The summed E-state index contributed by atoms with van der Waals surface area (Å²) in [5.41, 5.74) is 5.03. The fraction of sp³-hybridized carbons (Fsp3) is 0.281. The minimum absolute atomic E-state index is 0.0297. The molecule has 0 radical (unpaired) electrons. The van der Waals surface area contributed by atoms with Crippen LogP contribution in [-0.4, -0.2) is 58.0 Å². The molecule has 0 saturated carbocycles. The van der Waals surface area contributed by atoms with E-state index in [4.69, 9.17) is 24.4 Å². The molecule has 1 aliphatic rings. The van der Waals surface area contributed by atoms with Crippen LogP contribution < -0.4 is 21.4 Å². The van der Waals surface area contributed by atoms with Gasteiger partial charge in [-0.3, -0.25) is 4.79 Å².